The highest BCUT2D eigenvalue weighted by molar-refractivity contribution is 5.51. The zero-order chi connectivity index (χ0) is 13.7. The van der Waals surface area contributed by atoms with Gasteiger partial charge in [0.25, 0.3) is 0 Å². The molecule has 3 heteroatoms. The van der Waals surface area contributed by atoms with Crippen LogP contribution in [0.3, 0.4) is 0 Å². The van der Waals surface area contributed by atoms with Crippen LogP contribution in [0.15, 0.2) is 24.3 Å². The Balaban J connectivity index is 2.12. The van der Waals surface area contributed by atoms with Gasteiger partial charge in [-0.25, -0.2) is 0 Å². The Morgan fingerprint density at radius 3 is 2.68 bits per heavy atom. The minimum atomic E-state index is 0.437. The summed E-state index contributed by atoms with van der Waals surface area (Å²) in [5.41, 5.74) is 7.23. The average Bonchev–Trinajstić information content (AvgIpc) is 2.49. The van der Waals surface area contributed by atoms with Crippen LogP contribution < -0.4 is 15.4 Å². The second kappa shape index (κ2) is 6.80. The highest BCUT2D eigenvalue weighted by atomic mass is 16.5. The quantitative estimate of drug-likeness (QED) is 0.886. The second-order valence-electron chi connectivity index (χ2n) is 5.51. The molecule has 0 heterocycles. The zero-order valence-electron chi connectivity index (χ0n) is 12.1. The molecule has 1 fully saturated rings. The second-order valence-corrected chi connectivity index (χ2v) is 5.51. The Labute approximate surface area is 116 Å². The third-order valence-corrected chi connectivity index (χ3v) is 4.39. The van der Waals surface area contributed by atoms with Gasteiger partial charge in [0.1, 0.15) is 5.75 Å². The topological polar surface area (TPSA) is 38.5 Å². The number of rotatable bonds is 5. The minimum Gasteiger partial charge on any atom is -0.497 e. The van der Waals surface area contributed by atoms with Crippen molar-refractivity contribution in [3.63, 3.8) is 0 Å². The van der Waals surface area contributed by atoms with Gasteiger partial charge in [-0.1, -0.05) is 25.3 Å². The Morgan fingerprint density at radius 1 is 1.32 bits per heavy atom. The fourth-order valence-corrected chi connectivity index (χ4v) is 3.21. The first-order chi connectivity index (χ1) is 9.26. The fraction of sp³-hybridized carbons (Fsp3) is 0.625. The third kappa shape index (κ3) is 3.41. The molecular formula is C16H26N2O. The summed E-state index contributed by atoms with van der Waals surface area (Å²) < 4.78 is 5.31. The van der Waals surface area contributed by atoms with Crippen LogP contribution in [0.4, 0.5) is 5.69 Å². The first kappa shape index (κ1) is 14.2. The highest BCUT2D eigenvalue weighted by Gasteiger charge is 2.26. The number of anilines is 1. The zero-order valence-corrected chi connectivity index (χ0v) is 12.1. The molecule has 1 saturated carbocycles. The molecule has 0 spiro atoms. The summed E-state index contributed by atoms with van der Waals surface area (Å²) in [6.07, 6.45) is 6.73. The van der Waals surface area contributed by atoms with E-state index in [-0.39, 0.29) is 0 Å². The van der Waals surface area contributed by atoms with Crippen molar-refractivity contribution >= 4 is 5.69 Å². The van der Waals surface area contributed by atoms with Crippen molar-refractivity contribution < 1.29 is 4.74 Å². The minimum absolute atomic E-state index is 0.437. The first-order valence-electron chi connectivity index (χ1n) is 7.33. The van der Waals surface area contributed by atoms with Crippen LogP contribution in [0.1, 0.15) is 32.1 Å². The lowest BCUT2D eigenvalue weighted by molar-refractivity contribution is 0.302. The third-order valence-electron chi connectivity index (χ3n) is 4.39. The van der Waals surface area contributed by atoms with Crippen molar-refractivity contribution in [3.8, 4) is 5.75 Å². The molecule has 1 aromatic carbocycles. The number of hydrogen-bond acceptors (Lipinski definition) is 3. The average molecular weight is 262 g/mol. The van der Waals surface area contributed by atoms with E-state index < -0.39 is 0 Å². The van der Waals surface area contributed by atoms with E-state index in [0.717, 1.165) is 18.2 Å². The maximum absolute atomic E-state index is 6.04. The summed E-state index contributed by atoms with van der Waals surface area (Å²) in [5, 5.41) is 0. The van der Waals surface area contributed by atoms with E-state index in [4.69, 9.17) is 10.5 Å². The largest absolute Gasteiger partial charge is 0.497 e. The van der Waals surface area contributed by atoms with Crippen molar-refractivity contribution in [2.45, 2.75) is 38.1 Å². The molecule has 0 aromatic heterocycles. The summed E-state index contributed by atoms with van der Waals surface area (Å²) in [6, 6.07) is 8.68. The number of likely N-dealkylation sites (N-methyl/N-ethyl adjacent to an activating group) is 1. The summed E-state index contributed by atoms with van der Waals surface area (Å²) in [7, 11) is 3.86. The van der Waals surface area contributed by atoms with Crippen LogP contribution in [0.2, 0.25) is 0 Å². The van der Waals surface area contributed by atoms with Crippen LogP contribution in [0.25, 0.3) is 0 Å². The lowest BCUT2D eigenvalue weighted by Crippen LogP contribution is -2.44. The molecule has 1 aromatic rings. The molecule has 19 heavy (non-hydrogen) atoms. The fourth-order valence-electron chi connectivity index (χ4n) is 3.21. The summed E-state index contributed by atoms with van der Waals surface area (Å²) in [5.74, 6) is 1.64. The molecule has 1 atom stereocenters. The standard InChI is InChI=1S/C16H26N2O/c1-18(14-9-6-10-15(11-14)19-2)16(12-17)13-7-4-3-5-8-13/h6,9-11,13,16H,3-5,7-8,12,17H2,1-2H3. The van der Waals surface area contributed by atoms with Crippen molar-refractivity contribution in [2.75, 3.05) is 25.6 Å². The molecular weight excluding hydrogens is 236 g/mol. The Bertz CT molecular complexity index is 388. The Morgan fingerprint density at radius 2 is 2.05 bits per heavy atom. The van der Waals surface area contributed by atoms with Crippen molar-refractivity contribution in [1.29, 1.82) is 0 Å². The molecule has 1 unspecified atom stereocenters. The molecule has 3 nitrogen and oxygen atoms in total. The lowest BCUT2D eigenvalue weighted by Gasteiger charge is -2.37. The van der Waals surface area contributed by atoms with E-state index in [2.05, 4.69) is 24.1 Å². The number of nitrogens with two attached hydrogens (primary N) is 1. The van der Waals surface area contributed by atoms with Gasteiger partial charge in [-0.15, -0.1) is 0 Å². The van der Waals surface area contributed by atoms with Crippen molar-refractivity contribution in [2.24, 2.45) is 11.7 Å². The van der Waals surface area contributed by atoms with Crippen LogP contribution in [0, 0.1) is 5.92 Å². The van der Waals surface area contributed by atoms with Gasteiger partial charge < -0.3 is 15.4 Å². The van der Waals surface area contributed by atoms with Gasteiger partial charge in [-0.2, -0.15) is 0 Å². The molecule has 2 N–H and O–H groups in total. The molecule has 0 aliphatic heterocycles. The maximum Gasteiger partial charge on any atom is 0.120 e. The number of methoxy groups -OCH3 is 1. The van der Waals surface area contributed by atoms with Gasteiger partial charge >= 0.3 is 0 Å². The predicted molar refractivity (Wildman–Crippen MR) is 80.8 cm³/mol. The van der Waals surface area contributed by atoms with E-state index in [9.17, 15) is 0 Å². The normalized spacial score (nSPS) is 18.1. The summed E-state index contributed by atoms with van der Waals surface area (Å²) >= 11 is 0. The van der Waals surface area contributed by atoms with Gasteiger partial charge in [0.05, 0.1) is 7.11 Å². The van der Waals surface area contributed by atoms with Crippen LogP contribution in [0.5, 0.6) is 5.75 Å². The lowest BCUT2D eigenvalue weighted by atomic mass is 9.83. The van der Waals surface area contributed by atoms with E-state index in [1.807, 2.05) is 12.1 Å². The monoisotopic (exact) mass is 262 g/mol. The Hall–Kier alpha value is -1.22. The summed E-state index contributed by atoms with van der Waals surface area (Å²) in [6.45, 7) is 0.721. The van der Waals surface area contributed by atoms with Crippen molar-refractivity contribution in [1.82, 2.24) is 0 Å². The molecule has 0 amide bonds. The van der Waals surface area contributed by atoms with E-state index in [1.165, 1.54) is 37.8 Å². The molecule has 0 bridgehead atoms. The maximum atomic E-state index is 6.04. The van der Waals surface area contributed by atoms with Crippen molar-refractivity contribution in [3.05, 3.63) is 24.3 Å². The van der Waals surface area contributed by atoms with Gasteiger partial charge in [0, 0.05) is 31.4 Å². The van der Waals surface area contributed by atoms with Crippen LogP contribution >= 0.6 is 0 Å². The number of nitrogens with zero attached hydrogens (tertiary/aromatic N) is 1. The number of hydrogen-bond donors (Lipinski definition) is 1. The highest BCUT2D eigenvalue weighted by Crippen LogP contribution is 2.31. The van der Waals surface area contributed by atoms with Gasteiger partial charge in [0.15, 0.2) is 0 Å². The Kier molecular flexibility index (Phi) is 5.08. The number of benzene rings is 1. The van der Waals surface area contributed by atoms with E-state index >= 15 is 0 Å². The van der Waals surface area contributed by atoms with Crippen LogP contribution in [-0.2, 0) is 0 Å². The molecule has 1 aliphatic carbocycles. The smallest absolute Gasteiger partial charge is 0.120 e. The molecule has 1 aliphatic rings. The van der Waals surface area contributed by atoms with Crippen LogP contribution in [-0.4, -0.2) is 26.7 Å². The summed E-state index contributed by atoms with van der Waals surface area (Å²) in [4.78, 5) is 2.33. The molecule has 2 rings (SSSR count). The first-order valence-corrected chi connectivity index (χ1v) is 7.33. The van der Waals surface area contributed by atoms with E-state index in [1.54, 1.807) is 7.11 Å². The van der Waals surface area contributed by atoms with Gasteiger partial charge in [-0.05, 0) is 30.9 Å². The SMILES string of the molecule is COc1cccc(N(C)C(CN)C2CCCCC2)c1. The molecule has 106 valence electrons. The molecule has 0 saturated heterocycles. The predicted octanol–water partition coefficient (Wildman–Crippen LogP) is 3.04. The van der Waals surface area contributed by atoms with E-state index in [0.29, 0.717) is 6.04 Å². The van der Waals surface area contributed by atoms with Gasteiger partial charge in [0.2, 0.25) is 0 Å². The van der Waals surface area contributed by atoms with Gasteiger partial charge in [-0.3, -0.25) is 0 Å². The number of ether oxygens (including phenoxy) is 1. The molecule has 0 radical (unpaired) electrons.